The summed E-state index contributed by atoms with van der Waals surface area (Å²) in [6.45, 7) is 2.00. The van der Waals surface area contributed by atoms with Crippen molar-refractivity contribution >= 4 is 0 Å². The lowest BCUT2D eigenvalue weighted by molar-refractivity contribution is 0.378. The van der Waals surface area contributed by atoms with Crippen molar-refractivity contribution in [3.63, 3.8) is 0 Å². The molecular formula is C15H14N4O2. The quantitative estimate of drug-likeness (QED) is 0.779. The van der Waals surface area contributed by atoms with Gasteiger partial charge in [-0.05, 0) is 24.1 Å². The average molecular weight is 282 g/mol. The van der Waals surface area contributed by atoms with Crippen LogP contribution in [-0.2, 0) is 6.42 Å². The van der Waals surface area contributed by atoms with E-state index in [2.05, 4.69) is 16.3 Å². The fraction of sp³-hybridized carbons (Fsp3) is 0.200. The molecule has 6 nitrogen and oxygen atoms in total. The van der Waals surface area contributed by atoms with Crippen molar-refractivity contribution in [2.75, 3.05) is 0 Å². The number of ether oxygens (including phenoxy) is 1. The number of aromatic hydroxyl groups is 1. The Hall–Kier alpha value is -2.94. The van der Waals surface area contributed by atoms with Gasteiger partial charge in [-0.1, -0.05) is 19.1 Å². The van der Waals surface area contributed by atoms with E-state index in [9.17, 15) is 10.4 Å². The van der Waals surface area contributed by atoms with E-state index < -0.39 is 0 Å². The summed E-state index contributed by atoms with van der Waals surface area (Å²) >= 11 is 0. The molecule has 0 saturated heterocycles. The molecule has 4 N–H and O–H groups in total. The zero-order valence-corrected chi connectivity index (χ0v) is 11.4. The zero-order valence-electron chi connectivity index (χ0n) is 11.4. The predicted molar refractivity (Wildman–Crippen MR) is 75.4 cm³/mol. The molecule has 2 aromatic rings. The van der Waals surface area contributed by atoms with E-state index in [4.69, 9.17) is 10.5 Å². The maximum Gasteiger partial charge on any atom is 0.244 e. The number of rotatable bonds is 2. The highest BCUT2D eigenvalue weighted by molar-refractivity contribution is 5.55. The molecule has 2 heterocycles. The van der Waals surface area contributed by atoms with Crippen molar-refractivity contribution in [3.8, 4) is 17.7 Å². The highest BCUT2D eigenvalue weighted by atomic mass is 16.5. The Bertz CT molecular complexity index is 753. The third kappa shape index (κ3) is 1.99. The summed E-state index contributed by atoms with van der Waals surface area (Å²) in [6, 6.07) is 8.83. The molecule has 0 amide bonds. The number of nitrogens with one attached hydrogen (secondary N) is 1. The minimum Gasteiger partial charge on any atom is -0.508 e. The molecule has 21 heavy (non-hydrogen) atoms. The first-order valence-electron chi connectivity index (χ1n) is 6.59. The fourth-order valence-electron chi connectivity index (χ4n) is 2.58. The van der Waals surface area contributed by atoms with Crippen LogP contribution in [0, 0.1) is 11.3 Å². The third-order valence-corrected chi connectivity index (χ3v) is 3.60. The number of hydrogen-bond acceptors (Lipinski definition) is 5. The molecule has 0 spiro atoms. The van der Waals surface area contributed by atoms with Crippen LogP contribution >= 0.6 is 0 Å². The Morgan fingerprint density at radius 1 is 1.43 bits per heavy atom. The molecule has 1 aliphatic heterocycles. The van der Waals surface area contributed by atoms with Gasteiger partial charge in [-0.3, -0.25) is 5.10 Å². The number of fused-ring (bicyclic) bond motifs is 1. The lowest BCUT2D eigenvalue weighted by Crippen LogP contribution is -2.21. The lowest BCUT2D eigenvalue weighted by atomic mass is 9.83. The van der Waals surface area contributed by atoms with Crippen LogP contribution in [0.4, 0.5) is 0 Å². The van der Waals surface area contributed by atoms with E-state index in [0.29, 0.717) is 11.5 Å². The van der Waals surface area contributed by atoms with Crippen LogP contribution in [0.1, 0.15) is 29.7 Å². The van der Waals surface area contributed by atoms with E-state index in [1.807, 2.05) is 6.92 Å². The number of phenols is 1. The molecule has 0 unspecified atom stereocenters. The number of aryl methyl sites for hydroxylation is 1. The topological polar surface area (TPSA) is 108 Å². The van der Waals surface area contributed by atoms with Crippen molar-refractivity contribution in [3.05, 3.63) is 52.5 Å². The summed E-state index contributed by atoms with van der Waals surface area (Å²) < 4.78 is 5.44. The van der Waals surface area contributed by atoms with Crippen molar-refractivity contribution in [1.29, 1.82) is 5.26 Å². The SMILES string of the molecule is CCc1[nH]nc2c1[C@H](c1ccc(O)cc1)C(C#N)=C(N)O2. The predicted octanol–water partition coefficient (Wildman–Crippen LogP) is 1.90. The van der Waals surface area contributed by atoms with E-state index >= 15 is 0 Å². The van der Waals surface area contributed by atoms with Gasteiger partial charge >= 0.3 is 0 Å². The first-order valence-corrected chi connectivity index (χ1v) is 6.59. The molecule has 3 rings (SSSR count). The maximum absolute atomic E-state index is 9.44. The number of phenolic OH excluding ortho intramolecular Hbond substituents is 1. The van der Waals surface area contributed by atoms with Crippen molar-refractivity contribution in [2.24, 2.45) is 5.73 Å². The van der Waals surface area contributed by atoms with Gasteiger partial charge in [0.2, 0.25) is 11.8 Å². The van der Waals surface area contributed by atoms with Crippen molar-refractivity contribution in [1.82, 2.24) is 10.2 Å². The fourth-order valence-corrected chi connectivity index (χ4v) is 2.58. The highest BCUT2D eigenvalue weighted by Gasteiger charge is 2.34. The Labute approximate surface area is 121 Å². The van der Waals surface area contributed by atoms with Crippen LogP contribution in [0.15, 0.2) is 35.7 Å². The molecule has 0 saturated carbocycles. The second-order valence-corrected chi connectivity index (χ2v) is 4.79. The van der Waals surface area contributed by atoms with Gasteiger partial charge in [-0.2, -0.15) is 5.26 Å². The first kappa shape index (κ1) is 13.1. The molecule has 0 aliphatic carbocycles. The Balaban J connectivity index is 2.22. The Morgan fingerprint density at radius 3 is 2.76 bits per heavy atom. The van der Waals surface area contributed by atoms with Gasteiger partial charge in [-0.15, -0.1) is 5.10 Å². The molecule has 1 aromatic carbocycles. The van der Waals surface area contributed by atoms with Crippen molar-refractivity contribution < 1.29 is 9.84 Å². The second-order valence-electron chi connectivity index (χ2n) is 4.79. The number of hydrogen-bond donors (Lipinski definition) is 3. The van der Waals surface area contributed by atoms with Crippen LogP contribution in [0.25, 0.3) is 0 Å². The standard InChI is InChI=1S/C15H14N4O2/c1-2-11-13-12(8-3-5-9(20)6-4-8)10(7-16)14(17)21-15(13)19-18-11/h3-6,12,20H,2,17H2,1H3,(H,18,19)/t12-/m1/s1. The molecule has 0 fully saturated rings. The highest BCUT2D eigenvalue weighted by Crippen LogP contribution is 2.42. The number of benzene rings is 1. The normalized spacial score (nSPS) is 17.0. The largest absolute Gasteiger partial charge is 0.508 e. The minimum absolute atomic E-state index is 0.0669. The smallest absolute Gasteiger partial charge is 0.244 e. The molecule has 1 aliphatic rings. The molecule has 1 aromatic heterocycles. The molecular weight excluding hydrogens is 268 g/mol. The third-order valence-electron chi connectivity index (χ3n) is 3.60. The van der Waals surface area contributed by atoms with Gasteiger partial charge in [0.25, 0.3) is 0 Å². The number of allylic oxidation sites excluding steroid dienone is 1. The van der Waals surface area contributed by atoms with E-state index in [1.54, 1.807) is 24.3 Å². The van der Waals surface area contributed by atoms with Gasteiger partial charge in [0, 0.05) is 11.3 Å². The number of nitriles is 1. The maximum atomic E-state index is 9.44. The molecule has 106 valence electrons. The summed E-state index contributed by atoms with van der Waals surface area (Å²) in [5.74, 6) is 0.302. The summed E-state index contributed by atoms with van der Waals surface area (Å²) in [5, 5.41) is 25.9. The lowest BCUT2D eigenvalue weighted by Gasteiger charge is -2.23. The summed E-state index contributed by atoms with van der Waals surface area (Å²) in [6.07, 6.45) is 0.735. The van der Waals surface area contributed by atoms with Crippen LogP contribution in [0.3, 0.4) is 0 Å². The van der Waals surface area contributed by atoms with Gasteiger partial charge in [0.05, 0.1) is 5.92 Å². The number of H-pyrrole nitrogens is 1. The first-order chi connectivity index (χ1) is 10.2. The Morgan fingerprint density at radius 2 is 2.14 bits per heavy atom. The zero-order chi connectivity index (χ0) is 15.0. The summed E-state index contributed by atoms with van der Waals surface area (Å²) in [5.41, 5.74) is 8.78. The van der Waals surface area contributed by atoms with Gasteiger partial charge in [0.1, 0.15) is 17.4 Å². The second kappa shape index (κ2) is 4.87. The number of nitrogens with zero attached hydrogens (tertiary/aromatic N) is 2. The summed E-state index contributed by atoms with van der Waals surface area (Å²) in [4.78, 5) is 0. The molecule has 0 radical (unpaired) electrons. The average Bonchev–Trinajstić information content (AvgIpc) is 2.89. The van der Waals surface area contributed by atoms with E-state index in [0.717, 1.165) is 23.2 Å². The van der Waals surface area contributed by atoms with E-state index in [1.165, 1.54) is 0 Å². The van der Waals surface area contributed by atoms with Gasteiger partial charge in [0.15, 0.2) is 0 Å². The minimum atomic E-state index is -0.340. The monoisotopic (exact) mass is 282 g/mol. The van der Waals surface area contributed by atoms with Crippen LogP contribution in [0.5, 0.6) is 11.6 Å². The van der Waals surface area contributed by atoms with Gasteiger partial charge in [-0.25, -0.2) is 0 Å². The Kier molecular flexibility index (Phi) is 3.03. The van der Waals surface area contributed by atoms with Crippen molar-refractivity contribution in [2.45, 2.75) is 19.3 Å². The molecule has 0 bridgehead atoms. The number of aromatic amines is 1. The number of nitrogens with two attached hydrogens (primary N) is 1. The van der Waals surface area contributed by atoms with Crippen LogP contribution in [-0.4, -0.2) is 15.3 Å². The van der Waals surface area contributed by atoms with E-state index in [-0.39, 0.29) is 17.6 Å². The summed E-state index contributed by atoms with van der Waals surface area (Å²) in [7, 11) is 0. The van der Waals surface area contributed by atoms with Crippen LogP contribution < -0.4 is 10.5 Å². The van der Waals surface area contributed by atoms with Gasteiger partial charge < -0.3 is 15.6 Å². The molecule has 6 heteroatoms. The van der Waals surface area contributed by atoms with Crippen LogP contribution in [0.2, 0.25) is 0 Å². The molecule has 1 atom stereocenters. The number of aromatic nitrogens is 2.